The molecule has 0 radical (unpaired) electrons. The van der Waals surface area contributed by atoms with Crippen LogP contribution in [0.5, 0.6) is 0 Å². The van der Waals surface area contributed by atoms with Crippen LogP contribution in [0.2, 0.25) is 15.1 Å². The van der Waals surface area contributed by atoms with E-state index in [0.29, 0.717) is 27.3 Å². The highest BCUT2D eigenvalue weighted by Gasteiger charge is 2.47. The largest absolute Gasteiger partial charge is 0.342 e. The van der Waals surface area contributed by atoms with Gasteiger partial charge in [0.25, 0.3) is 0 Å². The van der Waals surface area contributed by atoms with Gasteiger partial charge in [0.1, 0.15) is 5.69 Å². The van der Waals surface area contributed by atoms with Crippen LogP contribution < -0.4 is 5.32 Å². The fourth-order valence-corrected chi connectivity index (χ4v) is 8.27. The SMILES string of the molecule is Cc1c(-c2ccc(Cl)cc2)c(-c2ccc(Cl)cc2Cl)nn1C(=O)NCCCC1C2CC3CC(C2)CC1C3. The Hall–Kier alpha value is -2.01. The van der Waals surface area contributed by atoms with Crippen LogP contribution in [0.1, 0.15) is 50.6 Å². The van der Waals surface area contributed by atoms with Gasteiger partial charge >= 0.3 is 6.03 Å². The number of carbonyl (C=O) groups excluding carboxylic acids is 1. The molecule has 7 heteroatoms. The maximum Gasteiger partial charge on any atom is 0.342 e. The topological polar surface area (TPSA) is 46.9 Å². The first-order chi connectivity index (χ1) is 17.9. The Kier molecular flexibility index (Phi) is 7.02. The van der Waals surface area contributed by atoms with E-state index < -0.39 is 0 Å². The highest BCUT2D eigenvalue weighted by Crippen LogP contribution is 2.57. The first-order valence-corrected chi connectivity index (χ1v) is 14.6. The number of nitrogens with zero attached hydrogens (tertiary/aromatic N) is 2. The molecule has 4 aliphatic carbocycles. The summed E-state index contributed by atoms with van der Waals surface area (Å²) >= 11 is 18.8. The molecule has 4 fully saturated rings. The van der Waals surface area contributed by atoms with Gasteiger partial charge in [0.2, 0.25) is 0 Å². The minimum absolute atomic E-state index is 0.214. The number of carbonyl (C=O) groups is 1. The molecule has 2 aromatic carbocycles. The highest BCUT2D eigenvalue weighted by atomic mass is 35.5. The molecule has 3 aromatic rings. The summed E-state index contributed by atoms with van der Waals surface area (Å²) in [4.78, 5) is 13.3. The van der Waals surface area contributed by atoms with E-state index in [4.69, 9.17) is 39.9 Å². The Labute approximate surface area is 233 Å². The molecule has 194 valence electrons. The second kappa shape index (κ2) is 10.3. The van der Waals surface area contributed by atoms with Crippen molar-refractivity contribution in [1.82, 2.24) is 15.1 Å². The quantitative estimate of drug-likeness (QED) is 0.308. The van der Waals surface area contributed by atoms with Gasteiger partial charge in [0, 0.05) is 27.7 Å². The van der Waals surface area contributed by atoms with Gasteiger partial charge in [-0.3, -0.25) is 0 Å². The summed E-state index contributed by atoms with van der Waals surface area (Å²) in [6.45, 7) is 2.58. The highest BCUT2D eigenvalue weighted by molar-refractivity contribution is 6.36. The number of amides is 1. The lowest BCUT2D eigenvalue weighted by molar-refractivity contribution is -0.0401. The Morgan fingerprint density at radius 1 is 0.946 bits per heavy atom. The van der Waals surface area contributed by atoms with E-state index in [9.17, 15) is 4.79 Å². The van der Waals surface area contributed by atoms with Crippen molar-refractivity contribution in [3.8, 4) is 22.4 Å². The molecular weight excluding hydrogens is 525 g/mol. The fraction of sp³-hybridized carbons (Fsp3) is 0.467. The number of benzene rings is 2. The zero-order chi connectivity index (χ0) is 25.7. The summed E-state index contributed by atoms with van der Waals surface area (Å²) in [5, 5.41) is 9.56. The van der Waals surface area contributed by atoms with E-state index in [1.54, 1.807) is 12.1 Å². The predicted molar refractivity (Wildman–Crippen MR) is 151 cm³/mol. The Bertz CT molecular complexity index is 1290. The average molecular weight is 557 g/mol. The number of rotatable bonds is 6. The van der Waals surface area contributed by atoms with Crippen LogP contribution in [0.15, 0.2) is 42.5 Å². The van der Waals surface area contributed by atoms with Gasteiger partial charge in [-0.1, -0.05) is 46.9 Å². The predicted octanol–water partition coefficient (Wildman–Crippen LogP) is 8.90. The third-order valence-corrected chi connectivity index (χ3v) is 9.84. The first kappa shape index (κ1) is 25.3. The third-order valence-electron chi connectivity index (χ3n) is 9.04. The number of aromatic nitrogens is 2. The fourth-order valence-electron chi connectivity index (χ4n) is 7.65. The maximum absolute atomic E-state index is 13.3. The molecule has 7 rings (SSSR count). The summed E-state index contributed by atoms with van der Waals surface area (Å²) in [6.07, 6.45) is 9.49. The number of hydrogen-bond donors (Lipinski definition) is 1. The van der Waals surface area contributed by atoms with Crippen molar-refractivity contribution in [2.75, 3.05) is 6.54 Å². The van der Waals surface area contributed by atoms with E-state index in [2.05, 4.69) is 5.32 Å². The van der Waals surface area contributed by atoms with Gasteiger partial charge < -0.3 is 5.32 Å². The Morgan fingerprint density at radius 2 is 1.59 bits per heavy atom. The van der Waals surface area contributed by atoms with Crippen LogP contribution in [-0.4, -0.2) is 22.4 Å². The minimum Gasteiger partial charge on any atom is -0.336 e. The second-order valence-corrected chi connectivity index (χ2v) is 12.6. The smallest absolute Gasteiger partial charge is 0.336 e. The van der Waals surface area contributed by atoms with E-state index >= 15 is 0 Å². The lowest BCUT2D eigenvalue weighted by Gasteiger charge is -2.54. The van der Waals surface area contributed by atoms with Crippen molar-refractivity contribution in [1.29, 1.82) is 0 Å². The Balaban J connectivity index is 1.19. The van der Waals surface area contributed by atoms with Crippen molar-refractivity contribution in [2.24, 2.45) is 29.6 Å². The van der Waals surface area contributed by atoms with Crippen molar-refractivity contribution >= 4 is 40.8 Å². The molecule has 4 saturated carbocycles. The normalized spacial score (nSPS) is 26.0. The molecule has 1 N–H and O–H groups in total. The van der Waals surface area contributed by atoms with Crippen molar-refractivity contribution in [3.05, 3.63) is 63.2 Å². The lowest BCUT2D eigenvalue weighted by atomic mass is 9.51. The van der Waals surface area contributed by atoms with Gasteiger partial charge in [0.15, 0.2) is 0 Å². The van der Waals surface area contributed by atoms with E-state index in [1.165, 1.54) is 43.2 Å². The summed E-state index contributed by atoms with van der Waals surface area (Å²) in [7, 11) is 0. The molecule has 4 bridgehead atoms. The monoisotopic (exact) mass is 555 g/mol. The molecule has 1 heterocycles. The molecule has 0 unspecified atom stereocenters. The van der Waals surface area contributed by atoms with Crippen LogP contribution >= 0.6 is 34.8 Å². The zero-order valence-corrected chi connectivity index (χ0v) is 23.3. The molecule has 0 atom stereocenters. The van der Waals surface area contributed by atoms with E-state index in [-0.39, 0.29) is 6.03 Å². The average Bonchev–Trinajstić information content (AvgIpc) is 3.20. The van der Waals surface area contributed by atoms with Crippen molar-refractivity contribution < 1.29 is 4.79 Å². The summed E-state index contributed by atoms with van der Waals surface area (Å²) in [5.41, 5.74) is 3.90. The van der Waals surface area contributed by atoms with Crippen LogP contribution in [0, 0.1) is 36.5 Å². The summed E-state index contributed by atoms with van der Waals surface area (Å²) in [6, 6.07) is 12.7. The van der Waals surface area contributed by atoms with Crippen molar-refractivity contribution in [2.45, 2.75) is 51.9 Å². The molecule has 1 amide bonds. The molecular formula is C30H32Cl3N3O. The Morgan fingerprint density at radius 3 is 2.24 bits per heavy atom. The van der Waals surface area contributed by atoms with Gasteiger partial charge in [-0.05, 0) is 117 Å². The number of nitrogens with one attached hydrogen (secondary N) is 1. The van der Waals surface area contributed by atoms with Gasteiger partial charge in [-0.2, -0.15) is 9.78 Å². The molecule has 0 spiro atoms. The maximum atomic E-state index is 13.3. The van der Waals surface area contributed by atoms with Crippen LogP contribution in [0.4, 0.5) is 4.79 Å². The standard InChI is InChI=1S/C30H32Cl3N3O/c1-17-28(20-4-6-23(31)7-5-20)29(26-9-8-24(32)16-27(26)33)35-36(17)30(37)34-10-2-3-25-21-12-18-11-19(14-21)15-22(25)13-18/h4-9,16,18-19,21-22,25H,2-3,10-15H2,1H3,(H,34,37). The molecule has 0 saturated heterocycles. The third kappa shape index (κ3) is 4.93. The molecule has 4 nitrogen and oxygen atoms in total. The molecule has 37 heavy (non-hydrogen) atoms. The number of halogens is 3. The zero-order valence-electron chi connectivity index (χ0n) is 21.0. The van der Waals surface area contributed by atoms with Gasteiger partial charge in [-0.15, -0.1) is 0 Å². The summed E-state index contributed by atoms with van der Waals surface area (Å²) < 4.78 is 1.47. The molecule has 0 aliphatic heterocycles. The van der Waals surface area contributed by atoms with Crippen LogP contribution in [-0.2, 0) is 0 Å². The van der Waals surface area contributed by atoms with Gasteiger partial charge in [0.05, 0.1) is 10.7 Å². The molecule has 1 aromatic heterocycles. The van der Waals surface area contributed by atoms with Crippen LogP contribution in [0.3, 0.4) is 0 Å². The second-order valence-electron chi connectivity index (χ2n) is 11.3. The number of hydrogen-bond acceptors (Lipinski definition) is 2. The van der Waals surface area contributed by atoms with Gasteiger partial charge in [-0.25, -0.2) is 4.79 Å². The lowest BCUT2D eigenvalue weighted by Crippen LogP contribution is -2.45. The van der Waals surface area contributed by atoms with E-state index in [0.717, 1.165) is 58.4 Å². The van der Waals surface area contributed by atoms with Crippen LogP contribution in [0.25, 0.3) is 22.4 Å². The van der Waals surface area contributed by atoms with Crippen molar-refractivity contribution in [3.63, 3.8) is 0 Å². The minimum atomic E-state index is -0.214. The first-order valence-electron chi connectivity index (χ1n) is 13.5. The van der Waals surface area contributed by atoms with E-state index in [1.807, 2.05) is 37.3 Å². The molecule has 4 aliphatic rings. The summed E-state index contributed by atoms with van der Waals surface area (Å²) in [5.74, 6) is 4.70.